The van der Waals surface area contributed by atoms with Gasteiger partial charge in [-0.1, -0.05) is 39.1 Å². The van der Waals surface area contributed by atoms with Crippen molar-refractivity contribution < 1.29 is 13.2 Å². The van der Waals surface area contributed by atoms with Gasteiger partial charge in [0.25, 0.3) is 10.0 Å². The molecule has 0 aliphatic rings. The number of rotatable bonds is 5. The maximum absolute atomic E-state index is 12.5. The van der Waals surface area contributed by atoms with Crippen molar-refractivity contribution >= 4 is 54.8 Å². The third-order valence-electron chi connectivity index (χ3n) is 3.34. The van der Waals surface area contributed by atoms with E-state index in [1.807, 2.05) is 24.3 Å². The molecular formula is C18H12BrCl2NO3S. The Morgan fingerprint density at radius 1 is 0.846 bits per heavy atom. The van der Waals surface area contributed by atoms with E-state index >= 15 is 0 Å². The van der Waals surface area contributed by atoms with Gasteiger partial charge in [-0.2, -0.15) is 0 Å². The zero-order valence-electron chi connectivity index (χ0n) is 13.1. The monoisotopic (exact) mass is 471 g/mol. The third-order valence-corrected chi connectivity index (χ3v) is 5.97. The number of nitrogens with one attached hydrogen (secondary N) is 1. The molecular weight excluding hydrogens is 461 g/mol. The van der Waals surface area contributed by atoms with E-state index in [1.165, 1.54) is 18.2 Å². The van der Waals surface area contributed by atoms with Crippen molar-refractivity contribution in [3.05, 3.63) is 81.2 Å². The molecule has 0 atom stereocenters. The molecule has 0 unspecified atom stereocenters. The number of hydrogen-bond donors (Lipinski definition) is 1. The highest BCUT2D eigenvalue weighted by molar-refractivity contribution is 9.10. The lowest BCUT2D eigenvalue weighted by Gasteiger charge is -2.11. The molecule has 26 heavy (non-hydrogen) atoms. The summed E-state index contributed by atoms with van der Waals surface area (Å²) in [5.41, 5.74) is 0.379. The van der Waals surface area contributed by atoms with E-state index < -0.39 is 10.0 Å². The van der Waals surface area contributed by atoms with E-state index in [0.717, 1.165) is 4.47 Å². The van der Waals surface area contributed by atoms with Gasteiger partial charge < -0.3 is 4.74 Å². The van der Waals surface area contributed by atoms with Crippen LogP contribution in [0, 0.1) is 0 Å². The first kappa shape index (κ1) is 19.0. The molecule has 0 heterocycles. The Balaban J connectivity index is 1.76. The van der Waals surface area contributed by atoms with Gasteiger partial charge in [-0.05, 0) is 66.7 Å². The van der Waals surface area contributed by atoms with Crippen molar-refractivity contribution in [2.45, 2.75) is 4.90 Å². The maximum atomic E-state index is 12.5. The van der Waals surface area contributed by atoms with Crippen LogP contribution in [0.2, 0.25) is 10.0 Å². The van der Waals surface area contributed by atoms with Gasteiger partial charge in [-0.25, -0.2) is 8.42 Å². The minimum Gasteiger partial charge on any atom is -0.457 e. The highest BCUT2D eigenvalue weighted by atomic mass is 79.9. The van der Waals surface area contributed by atoms with Gasteiger partial charge >= 0.3 is 0 Å². The Kier molecular flexibility index (Phi) is 5.77. The van der Waals surface area contributed by atoms with Crippen LogP contribution < -0.4 is 9.46 Å². The molecule has 1 N–H and O–H groups in total. The molecule has 0 fully saturated rings. The normalized spacial score (nSPS) is 11.2. The molecule has 134 valence electrons. The molecule has 4 nitrogen and oxygen atoms in total. The first-order chi connectivity index (χ1) is 12.3. The lowest BCUT2D eigenvalue weighted by molar-refractivity contribution is 0.482. The fourth-order valence-corrected chi connectivity index (χ4v) is 4.21. The average molecular weight is 473 g/mol. The van der Waals surface area contributed by atoms with E-state index in [1.54, 1.807) is 24.3 Å². The van der Waals surface area contributed by atoms with E-state index in [0.29, 0.717) is 17.2 Å². The maximum Gasteiger partial charge on any atom is 0.263 e. The second-order valence-electron chi connectivity index (χ2n) is 5.26. The molecule has 0 amide bonds. The number of benzene rings is 3. The second kappa shape index (κ2) is 7.88. The fourth-order valence-electron chi connectivity index (χ4n) is 2.12. The van der Waals surface area contributed by atoms with Crippen LogP contribution in [-0.2, 0) is 10.0 Å². The lowest BCUT2D eigenvalue weighted by atomic mass is 10.3. The summed E-state index contributed by atoms with van der Waals surface area (Å²) >= 11 is 15.2. The van der Waals surface area contributed by atoms with Crippen LogP contribution in [0.5, 0.6) is 11.5 Å². The predicted molar refractivity (Wildman–Crippen MR) is 108 cm³/mol. The molecule has 3 aromatic rings. The molecule has 0 saturated carbocycles. The van der Waals surface area contributed by atoms with E-state index in [-0.39, 0.29) is 14.9 Å². The van der Waals surface area contributed by atoms with Gasteiger partial charge in [0, 0.05) is 15.2 Å². The minimum atomic E-state index is -3.86. The molecule has 0 saturated heterocycles. The summed E-state index contributed by atoms with van der Waals surface area (Å²) < 4.78 is 34.1. The quantitative estimate of drug-likeness (QED) is 0.470. The zero-order valence-corrected chi connectivity index (χ0v) is 17.0. The number of anilines is 1. The van der Waals surface area contributed by atoms with Crippen LogP contribution in [0.25, 0.3) is 0 Å². The van der Waals surface area contributed by atoms with Crippen molar-refractivity contribution in [2.75, 3.05) is 4.72 Å². The molecule has 0 aliphatic heterocycles. The largest absolute Gasteiger partial charge is 0.457 e. The Morgan fingerprint density at radius 2 is 1.42 bits per heavy atom. The smallest absolute Gasteiger partial charge is 0.263 e. The van der Waals surface area contributed by atoms with Crippen molar-refractivity contribution in [1.29, 1.82) is 0 Å². The van der Waals surface area contributed by atoms with Crippen molar-refractivity contribution in [3.63, 3.8) is 0 Å². The standard InChI is InChI=1S/C18H12BrCl2NO3S/c19-12-1-6-15(7-2-12)25-16-8-4-14(5-9-16)22-26(23,24)18-11-13(20)3-10-17(18)21/h1-11,22H. The second-order valence-corrected chi connectivity index (χ2v) is 8.67. The Labute approximate surface area is 169 Å². The summed E-state index contributed by atoms with van der Waals surface area (Å²) in [6.07, 6.45) is 0. The van der Waals surface area contributed by atoms with Crippen LogP contribution in [0.3, 0.4) is 0 Å². The first-order valence-electron chi connectivity index (χ1n) is 7.35. The molecule has 0 aliphatic carbocycles. The molecule has 0 aromatic heterocycles. The fraction of sp³-hybridized carbons (Fsp3) is 0. The summed E-state index contributed by atoms with van der Waals surface area (Å²) in [6.45, 7) is 0. The Morgan fingerprint density at radius 3 is 2.04 bits per heavy atom. The summed E-state index contributed by atoms with van der Waals surface area (Å²) in [6, 6.07) is 18.2. The van der Waals surface area contributed by atoms with Gasteiger partial charge in [0.1, 0.15) is 16.4 Å². The van der Waals surface area contributed by atoms with Gasteiger partial charge in [0.15, 0.2) is 0 Å². The van der Waals surface area contributed by atoms with Gasteiger partial charge in [0.05, 0.1) is 5.02 Å². The Hall–Kier alpha value is -1.73. The third kappa shape index (κ3) is 4.71. The van der Waals surface area contributed by atoms with Crippen LogP contribution in [0.15, 0.2) is 76.1 Å². The van der Waals surface area contributed by atoms with Crippen LogP contribution in [-0.4, -0.2) is 8.42 Å². The summed E-state index contributed by atoms with van der Waals surface area (Å²) in [5.74, 6) is 1.25. The summed E-state index contributed by atoms with van der Waals surface area (Å²) in [4.78, 5) is -0.0816. The highest BCUT2D eigenvalue weighted by Gasteiger charge is 2.18. The predicted octanol–water partition coefficient (Wildman–Crippen LogP) is 6.35. The zero-order chi connectivity index (χ0) is 18.7. The van der Waals surface area contributed by atoms with E-state index in [4.69, 9.17) is 27.9 Å². The van der Waals surface area contributed by atoms with Crippen LogP contribution in [0.1, 0.15) is 0 Å². The van der Waals surface area contributed by atoms with E-state index in [9.17, 15) is 8.42 Å². The summed E-state index contributed by atoms with van der Waals surface area (Å²) in [5, 5.41) is 0.380. The molecule has 8 heteroatoms. The number of sulfonamides is 1. The Bertz CT molecular complexity index is 1020. The van der Waals surface area contributed by atoms with Crippen molar-refractivity contribution in [2.24, 2.45) is 0 Å². The highest BCUT2D eigenvalue weighted by Crippen LogP contribution is 2.28. The van der Waals surface area contributed by atoms with Crippen molar-refractivity contribution in [1.82, 2.24) is 0 Å². The van der Waals surface area contributed by atoms with Gasteiger partial charge in [-0.3, -0.25) is 4.72 Å². The summed E-state index contributed by atoms with van der Waals surface area (Å²) in [7, 11) is -3.86. The number of ether oxygens (including phenoxy) is 1. The van der Waals surface area contributed by atoms with Gasteiger partial charge in [-0.15, -0.1) is 0 Å². The van der Waals surface area contributed by atoms with Gasteiger partial charge in [0.2, 0.25) is 0 Å². The minimum absolute atomic E-state index is 0.0816. The SMILES string of the molecule is O=S(=O)(Nc1ccc(Oc2ccc(Br)cc2)cc1)c1cc(Cl)ccc1Cl. The van der Waals surface area contributed by atoms with Crippen LogP contribution >= 0.6 is 39.1 Å². The number of halogens is 3. The van der Waals surface area contributed by atoms with E-state index in [2.05, 4.69) is 20.7 Å². The molecule has 3 rings (SSSR count). The van der Waals surface area contributed by atoms with Crippen LogP contribution in [0.4, 0.5) is 5.69 Å². The molecule has 3 aromatic carbocycles. The topological polar surface area (TPSA) is 55.4 Å². The molecule has 0 radical (unpaired) electrons. The lowest BCUT2D eigenvalue weighted by Crippen LogP contribution is -2.13. The number of hydrogen-bond acceptors (Lipinski definition) is 3. The van der Waals surface area contributed by atoms with Crippen molar-refractivity contribution in [3.8, 4) is 11.5 Å². The molecule has 0 bridgehead atoms. The molecule has 0 spiro atoms. The average Bonchev–Trinajstić information content (AvgIpc) is 2.60. The first-order valence-corrected chi connectivity index (χ1v) is 10.4.